The Morgan fingerprint density at radius 2 is 2.30 bits per heavy atom. The van der Waals surface area contributed by atoms with Gasteiger partial charge in [-0.25, -0.2) is 15.1 Å². The van der Waals surface area contributed by atoms with E-state index in [1.54, 1.807) is 23.2 Å². The molecule has 0 unspecified atom stereocenters. The van der Waals surface area contributed by atoms with Crippen LogP contribution >= 0.6 is 11.6 Å². The minimum atomic E-state index is -0.802. The van der Waals surface area contributed by atoms with Gasteiger partial charge in [-0.2, -0.15) is 0 Å². The molecule has 1 amide bonds. The van der Waals surface area contributed by atoms with Crippen molar-refractivity contribution in [2.45, 2.75) is 13.5 Å². The van der Waals surface area contributed by atoms with Crippen molar-refractivity contribution in [1.29, 1.82) is 0 Å². The van der Waals surface area contributed by atoms with Gasteiger partial charge in [0, 0.05) is 32.8 Å². The summed E-state index contributed by atoms with van der Waals surface area (Å²) in [5.74, 6) is -0.222. The van der Waals surface area contributed by atoms with Gasteiger partial charge in [0.25, 0.3) is 5.96 Å². The van der Waals surface area contributed by atoms with E-state index < -0.39 is 5.03 Å². The number of rotatable bonds is 3. The van der Waals surface area contributed by atoms with Gasteiger partial charge in [-0.15, -0.1) is 0 Å². The minimum absolute atomic E-state index is 0.0532. The second kappa shape index (κ2) is 5.83. The van der Waals surface area contributed by atoms with Gasteiger partial charge in [0.2, 0.25) is 5.91 Å². The van der Waals surface area contributed by atoms with E-state index in [2.05, 4.69) is 10.1 Å². The van der Waals surface area contributed by atoms with E-state index in [1.807, 2.05) is 0 Å². The number of nitro groups is 1. The highest BCUT2D eigenvalue weighted by molar-refractivity contribution is 6.29. The summed E-state index contributed by atoms with van der Waals surface area (Å²) >= 11 is 5.70. The predicted molar refractivity (Wildman–Crippen MR) is 71.5 cm³/mol. The van der Waals surface area contributed by atoms with Gasteiger partial charge >= 0.3 is 0 Å². The number of carbonyl (C=O) groups excluding carboxylic acids is 1. The molecule has 2 rings (SSSR count). The van der Waals surface area contributed by atoms with Crippen LogP contribution in [0.3, 0.4) is 0 Å². The normalized spacial score (nSPS) is 16.8. The largest absolute Gasteiger partial charge is 0.331 e. The van der Waals surface area contributed by atoms with E-state index in [1.165, 1.54) is 11.8 Å². The second-order valence-corrected chi connectivity index (χ2v) is 4.61. The zero-order chi connectivity index (χ0) is 14.7. The van der Waals surface area contributed by atoms with Crippen LogP contribution in [0.5, 0.6) is 0 Å². The molecule has 20 heavy (non-hydrogen) atoms. The molecule has 1 aliphatic rings. The van der Waals surface area contributed by atoms with Crippen LogP contribution in [0.4, 0.5) is 0 Å². The molecule has 1 aromatic heterocycles. The van der Waals surface area contributed by atoms with Crippen molar-refractivity contribution in [3.63, 3.8) is 0 Å². The Labute approximate surface area is 119 Å². The molecule has 0 saturated carbocycles. The highest BCUT2D eigenvalue weighted by atomic mass is 35.5. The number of guanidine groups is 1. The van der Waals surface area contributed by atoms with Crippen LogP contribution in [0.25, 0.3) is 0 Å². The first-order chi connectivity index (χ1) is 9.47. The topological polar surface area (TPSA) is 91.9 Å². The Morgan fingerprint density at radius 3 is 2.85 bits per heavy atom. The third kappa shape index (κ3) is 3.21. The molecule has 1 fully saturated rings. The summed E-state index contributed by atoms with van der Waals surface area (Å²) in [6.45, 7) is 2.58. The van der Waals surface area contributed by atoms with Crippen LogP contribution in [0.2, 0.25) is 5.15 Å². The number of hydrazone groups is 1. The maximum Gasteiger partial charge on any atom is 0.281 e. The first kappa shape index (κ1) is 14.2. The lowest BCUT2D eigenvalue weighted by atomic mass is 10.3. The van der Waals surface area contributed by atoms with Crippen LogP contribution in [-0.2, 0) is 11.3 Å². The van der Waals surface area contributed by atoms with Gasteiger partial charge in [-0.1, -0.05) is 17.7 Å². The van der Waals surface area contributed by atoms with E-state index in [9.17, 15) is 14.9 Å². The summed E-state index contributed by atoms with van der Waals surface area (Å²) in [7, 11) is 0. The van der Waals surface area contributed by atoms with Gasteiger partial charge in [-0.3, -0.25) is 9.69 Å². The third-order valence-corrected chi connectivity index (χ3v) is 3.05. The van der Waals surface area contributed by atoms with E-state index in [0.29, 0.717) is 24.8 Å². The standard InChI is InChI=1S/C11H12ClN5O3/c1-8(18)16-5-4-15(11(16)14-17(19)20)7-9-2-3-10(12)13-6-9/h2-3,6H,4-5,7H2,1H3/b14-11-. The fourth-order valence-corrected chi connectivity index (χ4v) is 2.06. The Kier molecular flexibility index (Phi) is 4.14. The fraction of sp³-hybridized carbons (Fsp3) is 0.364. The number of nitrogens with zero attached hydrogens (tertiary/aromatic N) is 5. The van der Waals surface area contributed by atoms with Crippen LogP contribution in [0, 0.1) is 10.1 Å². The number of amides is 1. The molecule has 0 N–H and O–H groups in total. The highest BCUT2D eigenvalue weighted by Crippen LogP contribution is 2.14. The Bertz CT molecular complexity index is 560. The van der Waals surface area contributed by atoms with Crippen molar-refractivity contribution in [2.24, 2.45) is 5.10 Å². The summed E-state index contributed by atoms with van der Waals surface area (Å²) in [5, 5.41) is 13.5. The Balaban J connectivity index is 2.20. The first-order valence-electron chi connectivity index (χ1n) is 5.84. The molecule has 1 aromatic rings. The van der Waals surface area contributed by atoms with Crippen LogP contribution in [0.1, 0.15) is 12.5 Å². The molecule has 1 saturated heterocycles. The van der Waals surface area contributed by atoms with Crippen molar-refractivity contribution < 1.29 is 9.83 Å². The number of hydrogen-bond acceptors (Lipinski definition) is 4. The Morgan fingerprint density at radius 1 is 1.55 bits per heavy atom. The molecule has 9 heteroatoms. The summed E-state index contributed by atoms with van der Waals surface area (Å²) in [6, 6.07) is 3.41. The van der Waals surface area contributed by atoms with Gasteiger partial charge < -0.3 is 4.90 Å². The van der Waals surface area contributed by atoms with Gasteiger partial charge in [0.1, 0.15) is 10.3 Å². The predicted octanol–water partition coefficient (Wildman–Crippen LogP) is 0.947. The molecule has 0 atom stereocenters. The highest BCUT2D eigenvalue weighted by Gasteiger charge is 2.32. The average Bonchev–Trinajstić information content (AvgIpc) is 2.75. The van der Waals surface area contributed by atoms with Crippen molar-refractivity contribution in [1.82, 2.24) is 14.8 Å². The molecule has 0 bridgehead atoms. The first-order valence-corrected chi connectivity index (χ1v) is 6.21. The zero-order valence-corrected chi connectivity index (χ0v) is 11.4. The van der Waals surface area contributed by atoms with Crippen LogP contribution in [-0.4, -0.2) is 44.8 Å². The summed E-state index contributed by atoms with van der Waals surface area (Å²) in [6.07, 6.45) is 1.59. The minimum Gasteiger partial charge on any atom is -0.331 e. The molecule has 0 aromatic carbocycles. The van der Waals surface area contributed by atoms with Crippen LogP contribution < -0.4 is 0 Å². The van der Waals surface area contributed by atoms with E-state index in [0.717, 1.165) is 5.56 Å². The summed E-state index contributed by atoms with van der Waals surface area (Å²) in [5.41, 5.74) is 0.829. The van der Waals surface area contributed by atoms with Gasteiger partial charge in [-0.05, 0) is 11.6 Å². The number of hydrogen-bond donors (Lipinski definition) is 0. The van der Waals surface area contributed by atoms with Crippen molar-refractivity contribution in [2.75, 3.05) is 13.1 Å². The number of halogens is 1. The van der Waals surface area contributed by atoms with Crippen molar-refractivity contribution >= 4 is 23.5 Å². The van der Waals surface area contributed by atoms with Gasteiger partial charge in [0.15, 0.2) is 5.03 Å². The summed E-state index contributed by atoms with van der Waals surface area (Å²) in [4.78, 5) is 28.9. The lowest BCUT2D eigenvalue weighted by Gasteiger charge is -2.18. The molecule has 2 heterocycles. The SMILES string of the molecule is CC(=O)N1CCN(Cc2ccc(Cl)nc2)/C1=N/[N+](=O)[O-]. The number of pyridine rings is 1. The van der Waals surface area contributed by atoms with Crippen molar-refractivity contribution in [3.8, 4) is 0 Å². The molecule has 0 radical (unpaired) electrons. The molecular weight excluding hydrogens is 286 g/mol. The molecule has 1 aliphatic heterocycles. The monoisotopic (exact) mass is 297 g/mol. The third-order valence-electron chi connectivity index (χ3n) is 2.83. The number of aromatic nitrogens is 1. The Hall–Kier alpha value is -2.22. The molecule has 8 nitrogen and oxygen atoms in total. The van der Waals surface area contributed by atoms with E-state index in [4.69, 9.17) is 11.6 Å². The fourth-order valence-electron chi connectivity index (χ4n) is 1.95. The molecule has 0 spiro atoms. The summed E-state index contributed by atoms with van der Waals surface area (Å²) < 4.78 is 0. The van der Waals surface area contributed by atoms with E-state index >= 15 is 0 Å². The van der Waals surface area contributed by atoms with E-state index in [-0.39, 0.29) is 11.9 Å². The molecular formula is C11H12ClN5O3. The second-order valence-electron chi connectivity index (χ2n) is 4.22. The maximum absolute atomic E-state index is 11.4. The lowest BCUT2D eigenvalue weighted by Crippen LogP contribution is -2.36. The van der Waals surface area contributed by atoms with Gasteiger partial charge in [0.05, 0.1) is 0 Å². The van der Waals surface area contributed by atoms with Crippen LogP contribution in [0.15, 0.2) is 23.4 Å². The zero-order valence-electron chi connectivity index (χ0n) is 10.7. The molecule has 0 aliphatic carbocycles. The maximum atomic E-state index is 11.4. The quantitative estimate of drug-likeness (QED) is 0.470. The van der Waals surface area contributed by atoms with Crippen molar-refractivity contribution in [3.05, 3.63) is 39.2 Å². The number of carbonyl (C=O) groups is 1. The average molecular weight is 298 g/mol. The molecule has 106 valence electrons. The lowest BCUT2D eigenvalue weighted by molar-refractivity contribution is -0.486. The smallest absolute Gasteiger partial charge is 0.281 e.